The Kier molecular flexibility index (Phi) is 5.16. The zero-order valence-corrected chi connectivity index (χ0v) is 16.0. The van der Waals surface area contributed by atoms with Crippen LogP contribution in [-0.4, -0.2) is 47.3 Å². The number of amides is 1. The number of fused-ring (bicyclic) bond motifs is 3. The van der Waals surface area contributed by atoms with E-state index in [9.17, 15) is 19.1 Å². The highest BCUT2D eigenvalue weighted by Gasteiger charge is 2.55. The van der Waals surface area contributed by atoms with Crippen LogP contribution in [0, 0.1) is 17.7 Å². The second-order valence-corrected chi connectivity index (χ2v) is 8.49. The van der Waals surface area contributed by atoms with Crippen molar-refractivity contribution in [2.75, 3.05) is 19.6 Å². The normalized spacial score (nSPS) is 26.9. The van der Waals surface area contributed by atoms with Gasteiger partial charge in [0.05, 0.1) is 0 Å². The number of carbonyl (C=O) groups excluding carboxylic acids is 1. The highest BCUT2D eigenvalue weighted by Crippen LogP contribution is 2.44. The molecule has 3 aliphatic rings. The smallest absolute Gasteiger partial charge is 0.408 e. The zero-order chi connectivity index (χ0) is 19.8. The minimum atomic E-state index is -1.67. The van der Waals surface area contributed by atoms with E-state index in [0.29, 0.717) is 12.1 Å². The molecule has 27 heavy (non-hydrogen) atoms. The number of ether oxygens (including phenoxy) is 1. The first-order valence-electron chi connectivity index (χ1n) is 9.35. The molecule has 1 aromatic rings. The van der Waals surface area contributed by atoms with Crippen LogP contribution in [0.15, 0.2) is 24.3 Å². The average Bonchev–Trinajstić information content (AvgIpc) is 2.59. The first-order chi connectivity index (χ1) is 12.6. The van der Waals surface area contributed by atoms with Gasteiger partial charge in [0.2, 0.25) is 0 Å². The summed E-state index contributed by atoms with van der Waals surface area (Å²) >= 11 is 0. The van der Waals surface area contributed by atoms with E-state index in [1.54, 1.807) is 20.8 Å². The molecule has 2 N–H and O–H groups in total. The molecule has 0 aliphatic carbocycles. The van der Waals surface area contributed by atoms with Crippen molar-refractivity contribution in [2.45, 2.75) is 44.8 Å². The summed E-state index contributed by atoms with van der Waals surface area (Å²) in [5.74, 6) is -1.76. The van der Waals surface area contributed by atoms with Crippen LogP contribution >= 0.6 is 0 Å². The molecule has 4 rings (SSSR count). The molecule has 7 heteroatoms. The van der Waals surface area contributed by atoms with Gasteiger partial charge in [-0.3, -0.25) is 0 Å². The van der Waals surface area contributed by atoms with Crippen molar-refractivity contribution in [2.24, 2.45) is 11.8 Å². The van der Waals surface area contributed by atoms with Gasteiger partial charge in [0.25, 0.3) is 0 Å². The van der Waals surface area contributed by atoms with Gasteiger partial charge in [-0.1, -0.05) is 12.1 Å². The molecule has 2 atom stereocenters. The maximum Gasteiger partial charge on any atom is 0.408 e. The quantitative estimate of drug-likeness (QED) is 0.842. The van der Waals surface area contributed by atoms with Gasteiger partial charge in [0, 0.05) is 12.5 Å². The van der Waals surface area contributed by atoms with Crippen LogP contribution in [0.3, 0.4) is 0 Å². The molecule has 3 saturated heterocycles. The molecule has 148 valence electrons. The van der Waals surface area contributed by atoms with Crippen LogP contribution < -0.4 is 5.32 Å². The van der Waals surface area contributed by atoms with Crippen LogP contribution in [0.5, 0.6) is 0 Å². The summed E-state index contributed by atoms with van der Waals surface area (Å²) in [6.07, 6.45) is 0.985. The number of hydrogen-bond acceptors (Lipinski definition) is 4. The molecule has 6 nitrogen and oxygen atoms in total. The number of benzene rings is 1. The molecule has 0 aromatic heterocycles. The van der Waals surface area contributed by atoms with Gasteiger partial charge >= 0.3 is 12.1 Å². The van der Waals surface area contributed by atoms with Crippen molar-refractivity contribution < 1.29 is 23.8 Å². The maximum absolute atomic E-state index is 13.5. The van der Waals surface area contributed by atoms with E-state index in [2.05, 4.69) is 10.2 Å². The Morgan fingerprint density at radius 2 is 1.78 bits per heavy atom. The summed E-state index contributed by atoms with van der Waals surface area (Å²) in [5, 5.41) is 13.0. The standard InChI is InChI=1S/C20H27FN2O4/c1-19(2,3)27-18(26)22-20(17(24)25,14-4-6-15(21)7-5-14)16-12-23-10-8-13(16)9-11-23/h4-7,13,16H,8-12H2,1-3H3,(H,22,26)(H,24,25)/t16?,20-/m0/s1. The van der Waals surface area contributed by atoms with E-state index >= 15 is 0 Å². The summed E-state index contributed by atoms with van der Waals surface area (Å²) in [7, 11) is 0. The topological polar surface area (TPSA) is 78.9 Å². The maximum atomic E-state index is 13.5. The van der Waals surface area contributed by atoms with Crippen LogP contribution in [0.25, 0.3) is 0 Å². The van der Waals surface area contributed by atoms with E-state index in [1.165, 1.54) is 24.3 Å². The second kappa shape index (κ2) is 7.11. The lowest BCUT2D eigenvalue weighted by Crippen LogP contribution is -2.64. The Hall–Kier alpha value is -2.15. The Labute approximate surface area is 158 Å². The van der Waals surface area contributed by atoms with Crippen molar-refractivity contribution in [3.63, 3.8) is 0 Å². The largest absolute Gasteiger partial charge is 0.479 e. The zero-order valence-electron chi connectivity index (χ0n) is 16.0. The number of nitrogens with one attached hydrogen (secondary N) is 1. The van der Waals surface area contributed by atoms with E-state index in [1.807, 2.05) is 0 Å². The molecule has 1 amide bonds. The monoisotopic (exact) mass is 378 g/mol. The minimum absolute atomic E-state index is 0.172. The van der Waals surface area contributed by atoms with Gasteiger partial charge in [-0.25, -0.2) is 14.0 Å². The van der Waals surface area contributed by atoms with Gasteiger partial charge in [-0.2, -0.15) is 0 Å². The number of carboxylic acid groups (broad SMARTS) is 1. The summed E-state index contributed by atoms with van der Waals surface area (Å²) < 4.78 is 18.8. The number of carbonyl (C=O) groups is 2. The Bertz CT molecular complexity index is 708. The van der Waals surface area contributed by atoms with Gasteiger partial charge in [0.15, 0.2) is 5.54 Å². The van der Waals surface area contributed by atoms with E-state index in [4.69, 9.17) is 4.74 Å². The molecule has 3 aliphatic heterocycles. The van der Waals surface area contributed by atoms with Crippen LogP contribution in [0.4, 0.5) is 9.18 Å². The molecule has 0 saturated carbocycles. The molecule has 1 unspecified atom stereocenters. The fourth-order valence-corrected chi connectivity index (χ4v) is 4.35. The minimum Gasteiger partial charge on any atom is -0.479 e. The highest BCUT2D eigenvalue weighted by atomic mass is 19.1. The van der Waals surface area contributed by atoms with Crippen LogP contribution in [-0.2, 0) is 15.1 Å². The lowest BCUT2D eigenvalue weighted by Gasteiger charge is -2.51. The molecule has 3 fully saturated rings. The van der Waals surface area contributed by atoms with E-state index in [0.717, 1.165) is 25.9 Å². The molecular formula is C20H27FN2O4. The number of nitrogens with zero attached hydrogens (tertiary/aromatic N) is 1. The average molecular weight is 378 g/mol. The SMILES string of the molecule is CC(C)(C)OC(=O)N[C@@](C(=O)O)(c1ccc(F)cc1)C1CN2CCC1CC2. The molecule has 3 heterocycles. The number of aliphatic carboxylic acids is 1. The van der Waals surface area contributed by atoms with Crippen LogP contribution in [0.2, 0.25) is 0 Å². The molecular weight excluding hydrogens is 351 g/mol. The van der Waals surface area contributed by atoms with Gasteiger partial charge < -0.3 is 20.1 Å². The third-order valence-electron chi connectivity index (χ3n) is 5.55. The van der Waals surface area contributed by atoms with Crippen LogP contribution in [0.1, 0.15) is 39.2 Å². The number of carboxylic acids is 1. The first-order valence-corrected chi connectivity index (χ1v) is 9.35. The lowest BCUT2D eigenvalue weighted by atomic mass is 9.66. The van der Waals surface area contributed by atoms with Crippen molar-refractivity contribution >= 4 is 12.1 Å². The first kappa shape index (κ1) is 19.6. The Morgan fingerprint density at radius 3 is 2.22 bits per heavy atom. The number of rotatable bonds is 4. The highest BCUT2D eigenvalue weighted by molar-refractivity contribution is 5.86. The van der Waals surface area contributed by atoms with Gasteiger partial charge in [0.1, 0.15) is 11.4 Å². The number of hydrogen-bond donors (Lipinski definition) is 2. The summed E-state index contributed by atoms with van der Waals surface area (Å²) in [6, 6.07) is 5.34. The summed E-state index contributed by atoms with van der Waals surface area (Å²) in [4.78, 5) is 27.4. The Morgan fingerprint density at radius 1 is 1.19 bits per heavy atom. The van der Waals surface area contributed by atoms with Crippen molar-refractivity contribution in [1.29, 1.82) is 0 Å². The molecule has 0 spiro atoms. The third kappa shape index (κ3) is 3.93. The Balaban J connectivity index is 2.04. The number of halogens is 1. The molecule has 1 aromatic carbocycles. The predicted molar refractivity (Wildman–Crippen MR) is 97.7 cm³/mol. The third-order valence-corrected chi connectivity index (χ3v) is 5.55. The fourth-order valence-electron chi connectivity index (χ4n) is 4.35. The van der Waals surface area contributed by atoms with E-state index in [-0.39, 0.29) is 11.8 Å². The molecule has 0 radical (unpaired) electrons. The summed E-state index contributed by atoms with van der Waals surface area (Å²) in [6.45, 7) is 7.62. The molecule has 2 bridgehead atoms. The second-order valence-electron chi connectivity index (χ2n) is 8.49. The van der Waals surface area contributed by atoms with Gasteiger partial charge in [-0.15, -0.1) is 0 Å². The number of piperidine rings is 3. The van der Waals surface area contributed by atoms with Crippen molar-refractivity contribution in [1.82, 2.24) is 10.2 Å². The predicted octanol–water partition coefficient (Wildman–Crippen LogP) is 2.97. The van der Waals surface area contributed by atoms with E-state index < -0.39 is 29.0 Å². The van der Waals surface area contributed by atoms with Crippen molar-refractivity contribution in [3.05, 3.63) is 35.6 Å². The lowest BCUT2D eigenvalue weighted by molar-refractivity contribution is -0.152. The van der Waals surface area contributed by atoms with Gasteiger partial charge in [-0.05, 0) is 70.3 Å². The summed E-state index contributed by atoms with van der Waals surface area (Å²) in [5.41, 5.74) is -2.06. The van der Waals surface area contributed by atoms with Crippen molar-refractivity contribution in [3.8, 4) is 0 Å². The number of alkyl carbamates (subject to hydrolysis) is 1. The fraction of sp³-hybridized carbons (Fsp3) is 0.600.